The van der Waals surface area contributed by atoms with Crippen molar-refractivity contribution in [2.24, 2.45) is 0 Å². The Bertz CT molecular complexity index is 476. The van der Waals surface area contributed by atoms with E-state index in [1.807, 2.05) is 13.0 Å². The number of piperidine rings is 1. The minimum Gasteiger partial charge on any atom is -0.388 e. The van der Waals surface area contributed by atoms with Gasteiger partial charge in [-0.25, -0.2) is 0 Å². The number of aliphatic hydroxyl groups is 1. The Kier molecular flexibility index (Phi) is 4.51. The summed E-state index contributed by atoms with van der Waals surface area (Å²) in [5.74, 6) is 0. The van der Waals surface area contributed by atoms with Crippen LogP contribution in [0.25, 0.3) is 0 Å². The van der Waals surface area contributed by atoms with Crippen molar-refractivity contribution in [3.63, 3.8) is 0 Å². The predicted molar refractivity (Wildman–Crippen MR) is 87.7 cm³/mol. The number of benzene rings is 1. The lowest BCUT2D eigenvalue weighted by Crippen LogP contribution is -2.59. The van der Waals surface area contributed by atoms with Crippen LogP contribution in [0, 0.1) is 0 Å². The van der Waals surface area contributed by atoms with Crippen LogP contribution in [-0.4, -0.2) is 41.7 Å². The molecule has 0 aliphatic carbocycles. The molecule has 0 radical (unpaired) electrons. The van der Waals surface area contributed by atoms with E-state index in [0.29, 0.717) is 12.1 Å². The van der Waals surface area contributed by atoms with Crippen LogP contribution in [0.15, 0.2) is 24.3 Å². The van der Waals surface area contributed by atoms with Gasteiger partial charge in [-0.15, -0.1) is 0 Å². The Balaban J connectivity index is 1.86. The third-order valence-electron chi connectivity index (χ3n) is 5.18. The molecule has 2 heterocycles. The molecule has 0 saturated carbocycles. The molecule has 1 aromatic rings. The van der Waals surface area contributed by atoms with Gasteiger partial charge >= 0.3 is 0 Å². The molecule has 2 aliphatic heterocycles. The lowest BCUT2D eigenvalue weighted by atomic mass is 9.95. The summed E-state index contributed by atoms with van der Waals surface area (Å²) < 4.78 is 0. The summed E-state index contributed by atoms with van der Waals surface area (Å²) in [6.45, 7) is 7.89. The zero-order valence-corrected chi connectivity index (χ0v) is 13.3. The van der Waals surface area contributed by atoms with E-state index < -0.39 is 0 Å². The van der Waals surface area contributed by atoms with E-state index in [1.165, 1.54) is 31.5 Å². The Morgan fingerprint density at radius 1 is 1.24 bits per heavy atom. The number of hydrogen-bond acceptors (Lipinski definition) is 3. The summed E-state index contributed by atoms with van der Waals surface area (Å²) in [6.07, 6.45) is 4.46. The first-order valence-electron chi connectivity index (χ1n) is 8.48. The molecular formula is C18H28N2O. The van der Waals surface area contributed by atoms with Gasteiger partial charge in [0, 0.05) is 36.4 Å². The van der Waals surface area contributed by atoms with Gasteiger partial charge in [0.2, 0.25) is 0 Å². The number of para-hydroxylation sites is 1. The normalized spacial score (nSPS) is 28.2. The zero-order chi connectivity index (χ0) is 14.8. The third-order valence-corrected chi connectivity index (χ3v) is 5.18. The number of nitrogens with zero attached hydrogens (tertiary/aromatic N) is 2. The molecule has 0 aromatic heterocycles. The van der Waals surface area contributed by atoms with Gasteiger partial charge in [-0.1, -0.05) is 31.5 Å². The number of fused-ring (bicyclic) bond motifs is 1. The SMILES string of the molecule is CC[C@@H](O)c1ccccc1N1CC2CCCCN2CC1C. The quantitative estimate of drug-likeness (QED) is 0.925. The highest BCUT2D eigenvalue weighted by atomic mass is 16.3. The largest absolute Gasteiger partial charge is 0.388 e. The lowest BCUT2D eigenvalue weighted by Gasteiger charge is -2.49. The van der Waals surface area contributed by atoms with Crippen molar-refractivity contribution in [3.05, 3.63) is 29.8 Å². The smallest absolute Gasteiger partial charge is 0.0807 e. The molecule has 0 spiro atoms. The van der Waals surface area contributed by atoms with Gasteiger partial charge in [-0.3, -0.25) is 4.90 Å². The Morgan fingerprint density at radius 2 is 2.05 bits per heavy atom. The van der Waals surface area contributed by atoms with Crippen LogP contribution in [0.3, 0.4) is 0 Å². The Labute approximate surface area is 128 Å². The average Bonchev–Trinajstić information content (AvgIpc) is 2.53. The molecule has 3 atom stereocenters. The van der Waals surface area contributed by atoms with Crippen molar-refractivity contribution < 1.29 is 5.11 Å². The van der Waals surface area contributed by atoms with Crippen LogP contribution in [0.5, 0.6) is 0 Å². The Morgan fingerprint density at radius 3 is 2.86 bits per heavy atom. The van der Waals surface area contributed by atoms with E-state index in [4.69, 9.17) is 0 Å². The van der Waals surface area contributed by atoms with Crippen LogP contribution >= 0.6 is 0 Å². The van der Waals surface area contributed by atoms with Crippen LogP contribution in [0.4, 0.5) is 5.69 Å². The fraction of sp³-hybridized carbons (Fsp3) is 0.667. The number of rotatable bonds is 3. The van der Waals surface area contributed by atoms with E-state index >= 15 is 0 Å². The topological polar surface area (TPSA) is 26.7 Å². The molecule has 3 heteroatoms. The van der Waals surface area contributed by atoms with Crippen molar-refractivity contribution in [1.29, 1.82) is 0 Å². The van der Waals surface area contributed by atoms with Gasteiger partial charge < -0.3 is 10.0 Å². The summed E-state index contributed by atoms with van der Waals surface area (Å²) >= 11 is 0. The zero-order valence-electron chi connectivity index (χ0n) is 13.3. The van der Waals surface area contributed by atoms with Gasteiger partial charge in [-0.2, -0.15) is 0 Å². The van der Waals surface area contributed by atoms with Crippen molar-refractivity contribution in [2.45, 2.75) is 57.7 Å². The number of piperazine rings is 1. The van der Waals surface area contributed by atoms with Gasteiger partial charge in [0.25, 0.3) is 0 Å². The van der Waals surface area contributed by atoms with Gasteiger partial charge in [-0.05, 0) is 38.8 Å². The molecule has 21 heavy (non-hydrogen) atoms. The molecule has 3 rings (SSSR count). The van der Waals surface area contributed by atoms with Crippen LogP contribution in [-0.2, 0) is 0 Å². The highest BCUT2D eigenvalue weighted by Gasteiger charge is 2.34. The van der Waals surface area contributed by atoms with E-state index in [2.05, 4.69) is 34.9 Å². The minimum atomic E-state index is -0.349. The second-order valence-corrected chi connectivity index (χ2v) is 6.63. The van der Waals surface area contributed by atoms with Gasteiger partial charge in [0.15, 0.2) is 0 Å². The van der Waals surface area contributed by atoms with Crippen molar-refractivity contribution in [3.8, 4) is 0 Å². The summed E-state index contributed by atoms with van der Waals surface area (Å²) in [5, 5.41) is 10.3. The van der Waals surface area contributed by atoms with Crippen molar-refractivity contribution in [1.82, 2.24) is 4.90 Å². The average molecular weight is 288 g/mol. The molecule has 2 saturated heterocycles. The lowest BCUT2D eigenvalue weighted by molar-refractivity contribution is 0.115. The summed E-state index contributed by atoms with van der Waals surface area (Å²) in [4.78, 5) is 5.20. The summed E-state index contributed by atoms with van der Waals surface area (Å²) in [6, 6.07) is 9.62. The fourth-order valence-corrected chi connectivity index (χ4v) is 3.94. The third kappa shape index (κ3) is 2.95. The summed E-state index contributed by atoms with van der Waals surface area (Å²) in [7, 11) is 0. The molecule has 2 fully saturated rings. The second-order valence-electron chi connectivity index (χ2n) is 6.63. The first-order chi connectivity index (χ1) is 10.2. The standard InChI is InChI=1S/C18H28N2O/c1-3-18(21)16-9-4-5-10-17(16)20-13-15-8-6-7-11-19(15)12-14(20)2/h4-5,9-10,14-15,18,21H,3,6-8,11-13H2,1-2H3/t14?,15?,18-/m1/s1. The van der Waals surface area contributed by atoms with E-state index in [-0.39, 0.29) is 6.10 Å². The maximum absolute atomic E-state index is 10.3. The fourth-order valence-electron chi connectivity index (χ4n) is 3.94. The maximum Gasteiger partial charge on any atom is 0.0807 e. The number of aliphatic hydroxyl groups excluding tert-OH is 1. The van der Waals surface area contributed by atoms with Crippen molar-refractivity contribution >= 4 is 5.69 Å². The van der Waals surface area contributed by atoms with Gasteiger partial charge in [0.05, 0.1) is 6.10 Å². The minimum absolute atomic E-state index is 0.349. The van der Waals surface area contributed by atoms with Crippen LogP contribution in [0.1, 0.15) is 51.2 Å². The molecule has 2 aliphatic rings. The molecule has 0 bridgehead atoms. The highest BCUT2D eigenvalue weighted by Crippen LogP contribution is 2.33. The maximum atomic E-state index is 10.3. The second kappa shape index (κ2) is 6.37. The van der Waals surface area contributed by atoms with E-state index in [1.54, 1.807) is 0 Å². The highest BCUT2D eigenvalue weighted by molar-refractivity contribution is 5.56. The van der Waals surface area contributed by atoms with Crippen molar-refractivity contribution in [2.75, 3.05) is 24.5 Å². The first-order valence-corrected chi connectivity index (χ1v) is 8.48. The van der Waals surface area contributed by atoms with E-state index in [0.717, 1.165) is 25.1 Å². The molecule has 3 nitrogen and oxygen atoms in total. The molecule has 0 amide bonds. The molecule has 2 unspecified atom stereocenters. The molecular weight excluding hydrogens is 260 g/mol. The predicted octanol–water partition coefficient (Wildman–Crippen LogP) is 3.19. The van der Waals surface area contributed by atoms with Crippen LogP contribution < -0.4 is 4.90 Å². The summed E-state index contributed by atoms with van der Waals surface area (Å²) in [5.41, 5.74) is 2.33. The van der Waals surface area contributed by atoms with Gasteiger partial charge in [0.1, 0.15) is 0 Å². The molecule has 116 valence electrons. The number of anilines is 1. The monoisotopic (exact) mass is 288 g/mol. The Hall–Kier alpha value is -1.06. The van der Waals surface area contributed by atoms with Crippen LogP contribution in [0.2, 0.25) is 0 Å². The first kappa shape index (κ1) is 14.9. The molecule has 1 N–H and O–H groups in total. The molecule has 1 aromatic carbocycles. The number of hydrogen-bond donors (Lipinski definition) is 1. The van der Waals surface area contributed by atoms with E-state index in [9.17, 15) is 5.11 Å².